The van der Waals surface area contributed by atoms with Gasteiger partial charge in [-0.15, -0.1) is 0 Å². The maximum Gasteiger partial charge on any atom is 0.0664 e. The fraction of sp³-hybridized carbons (Fsp3) is 0.769. The third kappa shape index (κ3) is 3.30. The molecule has 2 N–H and O–H groups in total. The van der Waals surface area contributed by atoms with E-state index in [2.05, 4.69) is 36.3 Å². The Hall–Kier alpha value is -0.870. The topological polar surface area (TPSA) is 49.9 Å². The van der Waals surface area contributed by atoms with Crippen LogP contribution in [-0.4, -0.2) is 29.5 Å². The molecule has 1 aromatic rings. The van der Waals surface area contributed by atoms with Gasteiger partial charge in [0.15, 0.2) is 0 Å². The van der Waals surface area contributed by atoms with Gasteiger partial charge < -0.3 is 10.1 Å². The molecule has 1 fully saturated rings. The Balaban J connectivity index is 1.78. The van der Waals surface area contributed by atoms with Crippen LogP contribution in [0.1, 0.15) is 32.9 Å². The fourth-order valence-electron chi connectivity index (χ4n) is 2.58. The summed E-state index contributed by atoms with van der Waals surface area (Å²) in [6, 6.07) is 2.00. The first-order valence-corrected chi connectivity index (χ1v) is 6.38. The average molecular weight is 237 g/mol. The Bertz CT molecular complexity index is 329. The zero-order chi connectivity index (χ0) is 12.3. The molecule has 1 aromatic heterocycles. The van der Waals surface area contributed by atoms with Gasteiger partial charge in [0.25, 0.3) is 0 Å². The number of rotatable bonds is 4. The van der Waals surface area contributed by atoms with Crippen LogP contribution < -0.4 is 5.32 Å². The van der Waals surface area contributed by atoms with E-state index in [1.54, 1.807) is 6.20 Å². The number of ether oxygens (including phenoxy) is 1. The molecule has 0 amide bonds. The predicted molar refractivity (Wildman–Crippen MR) is 67.6 cm³/mol. The van der Waals surface area contributed by atoms with Gasteiger partial charge in [-0.25, -0.2) is 0 Å². The van der Waals surface area contributed by atoms with E-state index < -0.39 is 0 Å². The van der Waals surface area contributed by atoms with Crippen molar-refractivity contribution < 1.29 is 4.74 Å². The van der Waals surface area contributed by atoms with Crippen molar-refractivity contribution in [1.29, 1.82) is 0 Å². The zero-order valence-corrected chi connectivity index (χ0v) is 11.0. The normalized spacial score (nSPS) is 25.4. The van der Waals surface area contributed by atoms with E-state index >= 15 is 0 Å². The Morgan fingerprint density at radius 1 is 1.53 bits per heavy atom. The molecule has 1 aliphatic rings. The van der Waals surface area contributed by atoms with Crippen molar-refractivity contribution in [3.63, 3.8) is 0 Å². The molecular formula is C13H23N3O. The summed E-state index contributed by atoms with van der Waals surface area (Å²) in [5.74, 6) is 0.623. The molecule has 0 unspecified atom stereocenters. The van der Waals surface area contributed by atoms with Crippen LogP contribution in [0.4, 0.5) is 0 Å². The van der Waals surface area contributed by atoms with Gasteiger partial charge in [-0.2, -0.15) is 5.10 Å². The van der Waals surface area contributed by atoms with Gasteiger partial charge in [-0.1, -0.05) is 20.8 Å². The molecule has 1 aliphatic heterocycles. The summed E-state index contributed by atoms with van der Waals surface area (Å²) in [6.45, 7) is 9.54. The molecule has 96 valence electrons. The summed E-state index contributed by atoms with van der Waals surface area (Å²) in [7, 11) is 0. The zero-order valence-electron chi connectivity index (χ0n) is 11.0. The first-order valence-electron chi connectivity index (χ1n) is 6.38. The van der Waals surface area contributed by atoms with Gasteiger partial charge in [0.2, 0.25) is 0 Å². The van der Waals surface area contributed by atoms with Crippen molar-refractivity contribution in [3.05, 3.63) is 18.0 Å². The van der Waals surface area contributed by atoms with Gasteiger partial charge in [0.05, 0.1) is 6.10 Å². The number of H-pyrrole nitrogens is 1. The van der Waals surface area contributed by atoms with E-state index in [1.807, 2.05) is 6.07 Å². The smallest absolute Gasteiger partial charge is 0.0664 e. The largest absolute Gasteiger partial charge is 0.377 e. The summed E-state index contributed by atoms with van der Waals surface area (Å²) in [6.07, 6.45) is 3.32. The summed E-state index contributed by atoms with van der Waals surface area (Å²) >= 11 is 0. The van der Waals surface area contributed by atoms with Crippen LogP contribution in [0, 0.1) is 11.3 Å². The third-order valence-electron chi connectivity index (χ3n) is 3.35. The minimum absolute atomic E-state index is 0.233. The van der Waals surface area contributed by atoms with Crippen molar-refractivity contribution in [2.45, 2.75) is 39.8 Å². The van der Waals surface area contributed by atoms with Crippen molar-refractivity contribution in [3.8, 4) is 0 Å². The van der Waals surface area contributed by atoms with E-state index in [4.69, 9.17) is 4.74 Å². The Morgan fingerprint density at radius 3 is 3.00 bits per heavy atom. The lowest BCUT2D eigenvalue weighted by Gasteiger charge is -2.31. The molecule has 2 rings (SSSR count). The van der Waals surface area contributed by atoms with Crippen LogP contribution in [-0.2, 0) is 11.3 Å². The highest BCUT2D eigenvalue weighted by atomic mass is 16.5. The van der Waals surface area contributed by atoms with Crippen molar-refractivity contribution >= 4 is 0 Å². The van der Waals surface area contributed by atoms with Crippen LogP contribution in [0.5, 0.6) is 0 Å². The standard InChI is InChI=1S/C13H23N3O/c1-13(2,3)12-10(5-7-17-12)8-14-9-11-4-6-15-16-11/h4,6,10,12,14H,5,7-9H2,1-3H3,(H,15,16)/t10-,12+/m1/s1. The highest BCUT2D eigenvalue weighted by Gasteiger charge is 2.36. The molecule has 1 saturated heterocycles. The molecule has 0 radical (unpaired) electrons. The molecule has 17 heavy (non-hydrogen) atoms. The second-order valence-electron chi connectivity index (χ2n) is 5.92. The number of aromatic nitrogens is 2. The summed E-state index contributed by atoms with van der Waals surface area (Å²) in [4.78, 5) is 0. The molecule has 0 saturated carbocycles. The minimum atomic E-state index is 0.233. The Kier molecular flexibility index (Phi) is 3.84. The lowest BCUT2D eigenvalue weighted by Crippen LogP contribution is -2.36. The second-order valence-corrected chi connectivity index (χ2v) is 5.92. The van der Waals surface area contributed by atoms with Crippen molar-refractivity contribution in [2.24, 2.45) is 11.3 Å². The predicted octanol–water partition coefficient (Wildman–Crippen LogP) is 1.95. The van der Waals surface area contributed by atoms with Crippen LogP contribution in [0.15, 0.2) is 12.3 Å². The molecule has 0 aromatic carbocycles. The maximum atomic E-state index is 5.86. The average Bonchev–Trinajstić information content (AvgIpc) is 2.86. The van der Waals surface area contributed by atoms with Gasteiger partial charge in [-0.05, 0) is 17.9 Å². The van der Waals surface area contributed by atoms with Crippen LogP contribution in [0.3, 0.4) is 0 Å². The molecule has 2 heterocycles. The lowest BCUT2D eigenvalue weighted by molar-refractivity contribution is 0.00719. The molecule has 0 spiro atoms. The first-order chi connectivity index (χ1) is 8.07. The lowest BCUT2D eigenvalue weighted by atomic mass is 9.81. The molecular weight excluding hydrogens is 214 g/mol. The fourth-order valence-corrected chi connectivity index (χ4v) is 2.58. The first kappa shape index (κ1) is 12.6. The van der Waals surface area contributed by atoms with E-state index in [0.717, 1.165) is 31.8 Å². The van der Waals surface area contributed by atoms with Gasteiger partial charge >= 0.3 is 0 Å². The SMILES string of the molecule is CC(C)(C)[C@H]1OCC[C@@H]1CNCc1ccn[nH]1. The monoisotopic (exact) mass is 237 g/mol. The Labute approximate surface area is 103 Å². The van der Waals surface area contributed by atoms with Crippen LogP contribution in [0.25, 0.3) is 0 Å². The number of nitrogens with one attached hydrogen (secondary N) is 2. The summed E-state index contributed by atoms with van der Waals surface area (Å²) in [5, 5.41) is 10.4. The molecule has 4 heteroatoms. The van der Waals surface area contributed by atoms with E-state index in [9.17, 15) is 0 Å². The number of aromatic amines is 1. The number of hydrogen-bond acceptors (Lipinski definition) is 3. The quantitative estimate of drug-likeness (QED) is 0.841. The second kappa shape index (κ2) is 5.19. The maximum absolute atomic E-state index is 5.86. The van der Waals surface area contributed by atoms with Crippen LogP contribution in [0.2, 0.25) is 0 Å². The van der Waals surface area contributed by atoms with E-state index in [0.29, 0.717) is 12.0 Å². The van der Waals surface area contributed by atoms with E-state index in [-0.39, 0.29) is 5.41 Å². The van der Waals surface area contributed by atoms with E-state index in [1.165, 1.54) is 0 Å². The summed E-state index contributed by atoms with van der Waals surface area (Å²) < 4.78 is 5.86. The third-order valence-corrected chi connectivity index (χ3v) is 3.35. The highest BCUT2D eigenvalue weighted by molar-refractivity contribution is 4.97. The number of hydrogen-bond donors (Lipinski definition) is 2. The van der Waals surface area contributed by atoms with Gasteiger partial charge in [0.1, 0.15) is 0 Å². The van der Waals surface area contributed by atoms with Gasteiger partial charge in [-0.3, -0.25) is 5.10 Å². The molecule has 4 nitrogen and oxygen atoms in total. The molecule has 0 bridgehead atoms. The van der Waals surface area contributed by atoms with Crippen molar-refractivity contribution in [2.75, 3.05) is 13.2 Å². The highest BCUT2D eigenvalue weighted by Crippen LogP contribution is 2.34. The van der Waals surface area contributed by atoms with Crippen molar-refractivity contribution in [1.82, 2.24) is 15.5 Å². The van der Waals surface area contributed by atoms with Crippen LogP contribution >= 0.6 is 0 Å². The minimum Gasteiger partial charge on any atom is -0.377 e. The molecule has 0 aliphatic carbocycles. The number of nitrogens with zero attached hydrogens (tertiary/aromatic N) is 1. The molecule has 2 atom stereocenters. The summed E-state index contributed by atoms with van der Waals surface area (Å²) in [5.41, 5.74) is 1.37. The Morgan fingerprint density at radius 2 is 2.35 bits per heavy atom. The van der Waals surface area contributed by atoms with Gasteiger partial charge in [0, 0.05) is 37.5 Å².